The molecule has 0 aliphatic heterocycles. The van der Waals surface area contributed by atoms with E-state index in [0.29, 0.717) is 13.1 Å². The SMILES string of the molecule is C=C(C)CNC(=O)c1ccc(=O)n(CCCC)n1. The largest absolute Gasteiger partial charge is 0.347 e. The number of aromatic nitrogens is 2. The van der Waals surface area contributed by atoms with Gasteiger partial charge in [-0.2, -0.15) is 5.10 Å². The third kappa shape index (κ3) is 4.16. The van der Waals surface area contributed by atoms with Gasteiger partial charge in [-0.25, -0.2) is 4.68 Å². The van der Waals surface area contributed by atoms with Crippen LogP contribution in [-0.4, -0.2) is 22.2 Å². The van der Waals surface area contributed by atoms with Crippen molar-refractivity contribution in [2.45, 2.75) is 33.2 Å². The molecule has 1 aromatic rings. The lowest BCUT2D eigenvalue weighted by Gasteiger charge is -2.07. The lowest BCUT2D eigenvalue weighted by Crippen LogP contribution is -2.30. The van der Waals surface area contributed by atoms with Gasteiger partial charge in [0.05, 0.1) is 0 Å². The van der Waals surface area contributed by atoms with Crippen LogP contribution in [0.25, 0.3) is 0 Å². The minimum absolute atomic E-state index is 0.181. The molecule has 0 unspecified atom stereocenters. The molecule has 0 spiro atoms. The first-order chi connectivity index (χ1) is 8.54. The van der Waals surface area contributed by atoms with Gasteiger partial charge < -0.3 is 5.32 Å². The molecule has 0 saturated heterocycles. The molecule has 1 N–H and O–H groups in total. The summed E-state index contributed by atoms with van der Waals surface area (Å²) in [5.41, 5.74) is 0.939. The molecular weight excluding hydrogens is 230 g/mol. The summed E-state index contributed by atoms with van der Waals surface area (Å²) in [7, 11) is 0. The van der Waals surface area contributed by atoms with Gasteiger partial charge in [0.25, 0.3) is 11.5 Å². The number of carbonyl (C=O) groups excluding carboxylic acids is 1. The second kappa shape index (κ2) is 6.74. The predicted molar refractivity (Wildman–Crippen MR) is 70.6 cm³/mol. The van der Waals surface area contributed by atoms with Crippen molar-refractivity contribution in [3.8, 4) is 0 Å². The van der Waals surface area contributed by atoms with E-state index in [4.69, 9.17) is 0 Å². The Balaban J connectivity index is 2.80. The first-order valence-electron chi connectivity index (χ1n) is 6.05. The average molecular weight is 249 g/mol. The topological polar surface area (TPSA) is 64.0 Å². The standard InChI is InChI=1S/C13H19N3O2/c1-4-5-8-16-12(17)7-6-11(15-16)13(18)14-9-10(2)3/h6-7H,2,4-5,8-9H2,1,3H3,(H,14,18). The van der Waals surface area contributed by atoms with E-state index in [2.05, 4.69) is 17.0 Å². The quantitative estimate of drug-likeness (QED) is 0.774. The number of carbonyl (C=O) groups is 1. The number of unbranched alkanes of at least 4 members (excludes halogenated alkanes) is 1. The molecule has 0 bridgehead atoms. The number of nitrogens with one attached hydrogen (secondary N) is 1. The van der Waals surface area contributed by atoms with E-state index in [1.807, 2.05) is 13.8 Å². The van der Waals surface area contributed by atoms with Crippen LogP contribution in [0, 0.1) is 0 Å². The Morgan fingerprint density at radius 3 is 2.83 bits per heavy atom. The Kier molecular flexibility index (Phi) is 5.30. The zero-order valence-electron chi connectivity index (χ0n) is 10.9. The van der Waals surface area contributed by atoms with Gasteiger partial charge in [-0.3, -0.25) is 9.59 Å². The molecule has 18 heavy (non-hydrogen) atoms. The summed E-state index contributed by atoms with van der Waals surface area (Å²) in [6.07, 6.45) is 1.84. The highest BCUT2D eigenvalue weighted by molar-refractivity contribution is 5.92. The summed E-state index contributed by atoms with van der Waals surface area (Å²) in [4.78, 5) is 23.3. The lowest BCUT2D eigenvalue weighted by molar-refractivity contribution is 0.0949. The highest BCUT2D eigenvalue weighted by Gasteiger charge is 2.08. The van der Waals surface area contributed by atoms with Gasteiger partial charge in [0.15, 0.2) is 0 Å². The van der Waals surface area contributed by atoms with Crippen LogP contribution in [0.15, 0.2) is 29.1 Å². The third-order valence-corrected chi connectivity index (χ3v) is 2.37. The smallest absolute Gasteiger partial charge is 0.271 e. The number of amides is 1. The van der Waals surface area contributed by atoms with Crippen molar-refractivity contribution < 1.29 is 4.79 Å². The maximum atomic E-state index is 11.8. The summed E-state index contributed by atoms with van der Waals surface area (Å²) in [5, 5.41) is 6.73. The fourth-order valence-corrected chi connectivity index (χ4v) is 1.36. The van der Waals surface area contributed by atoms with Crippen LogP contribution in [0.5, 0.6) is 0 Å². The van der Waals surface area contributed by atoms with E-state index < -0.39 is 0 Å². The highest BCUT2D eigenvalue weighted by Crippen LogP contribution is 1.94. The van der Waals surface area contributed by atoms with Crippen molar-refractivity contribution in [1.82, 2.24) is 15.1 Å². The van der Waals surface area contributed by atoms with E-state index in [1.54, 1.807) is 0 Å². The summed E-state index contributed by atoms with van der Waals surface area (Å²) in [5.74, 6) is -0.289. The molecule has 0 aromatic carbocycles. The van der Waals surface area contributed by atoms with Crippen molar-refractivity contribution >= 4 is 5.91 Å². The Bertz CT molecular complexity index is 491. The lowest BCUT2D eigenvalue weighted by atomic mass is 10.3. The molecule has 1 aromatic heterocycles. The fraction of sp³-hybridized carbons (Fsp3) is 0.462. The molecule has 0 radical (unpaired) electrons. The van der Waals surface area contributed by atoms with Gasteiger partial charge in [-0.05, 0) is 19.4 Å². The van der Waals surface area contributed by atoms with Crippen LogP contribution < -0.4 is 10.9 Å². The molecule has 0 atom stereocenters. The maximum absolute atomic E-state index is 11.8. The number of rotatable bonds is 6. The maximum Gasteiger partial charge on any atom is 0.271 e. The molecule has 0 saturated carbocycles. The predicted octanol–water partition coefficient (Wildman–Crippen LogP) is 1.35. The van der Waals surface area contributed by atoms with Gasteiger partial charge in [-0.1, -0.05) is 25.5 Å². The van der Waals surface area contributed by atoms with Gasteiger partial charge in [-0.15, -0.1) is 0 Å². The van der Waals surface area contributed by atoms with Crippen LogP contribution in [0.3, 0.4) is 0 Å². The number of nitrogens with zero attached hydrogens (tertiary/aromatic N) is 2. The molecule has 1 heterocycles. The Hall–Kier alpha value is -1.91. The normalized spacial score (nSPS) is 10.1. The van der Waals surface area contributed by atoms with Crippen LogP contribution in [0.2, 0.25) is 0 Å². The summed E-state index contributed by atoms with van der Waals surface area (Å²) in [6, 6.07) is 2.82. The van der Waals surface area contributed by atoms with Gasteiger partial charge >= 0.3 is 0 Å². The number of aryl methyl sites for hydroxylation is 1. The van der Waals surface area contributed by atoms with Crippen molar-refractivity contribution in [2.24, 2.45) is 0 Å². The third-order valence-electron chi connectivity index (χ3n) is 2.37. The molecule has 5 nitrogen and oxygen atoms in total. The van der Waals surface area contributed by atoms with E-state index in [9.17, 15) is 9.59 Å². The van der Waals surface area contributed by atoms with Gasteiger partial charge in [0.2, 0.25) is 0 Å². The van der Waals surface area contributed by atoms with Crippen molar-refractivity contribution in [3.63, 3.8) is 0 Å². The number of hydrogen-bond acceptors (Lipinski definition) is 3. The Morgan fingerprint density at radius 1 is 1.50 bits per heavy atom. The van der Waals surface area contributed by atoms with E-state index in [1.165, 1.54) is 16.8 Å². The van der Waals surface area contributed by atoms with Crippen molar-refractivity contribution in [3.05, 3.63) is 40.3 Å². The molecule has 5 heteroatoms. The molecular formula is C13H19N3O2. The van der Waals surface area contributed by atoms with Gasteiger partial charge in [0, 0.05) is 19.2 Å². The van der Waals surface area contributed by atoms with E-state index in [0.717, 1.165) is 18.4 Å². The van der Waals surface area contributed by atoms with Gasteiger partial charge in [0.1, 0.15) is 5.69 Å². The minimum atomic E-state index is -0.289. The monoisotopic (exact) mass is 249 g/mol. The van der Waals surface area contributed by atoms with Crippen LogP contribution in [0.1, 0.15) is 37.2 Å². The Morgan fingerprint density at radius 2 is 2.22 bits per heavy atom. The van der Waals surface area contributed by atoms with Crippen molar-refractivity contribution in [1.29, 1.82) is 0 Å². The molecule has 0 fully saturated rings. The molecule has 1 rings (SSSR count). The zero-order valence-corrected chi connectivity index (χ0v) is 10.9. The first-order valence-corrected chi connectivity index (χ1v) is 6.05. The minimum Gasteiger partial charge on any atom is -0.347 e. The molecule has 0 aliphatic rings. The summed E-state index contributed by atoms with van der Waals surface area (Å²) < 4.78 is 1.33. The number of hydrogen-bond donors (Lipinski definition) is 1. The van der Waals surface area contributed by atoms with Crippen LogP contribution in [0.4, 0.5) is 0 Å². The highest BCUT2D eigenvalue weighted by atomic mass is 16.2. The second-order valence-electron chi connectivity index (χ2n) is 4.27. The summed E-state index contributed by atoms with van der Waals surface area (Å²) >= 11 is 0. The van der Waals surface area contributed by atoms with Crippen molar-refractivity contribution in [2.75, 3.05) is 6.54 Å². The Labute approximate surface area is 107 Å². The molecule has 98 valence electrons. The van der Waals surface area contributed by atoms with Crippen LogP contribution >= 0.6 is 0 Å². The van der Waals surface area contributed by atoms with E-state index >= 15 is 0 Å². The fourth-order valence-electron chi connectivity index (χ4n) is 1.36. The second-order valence-corrected chi connectivity index (χ2v) is 4.27. The summed E-state index contributed by atoms with van der Waals surface area (Å²) in [6.45, 7) is 8.52. The molecule has 1 amide bonds. The molecule has 0 aliphatic carbocycles. The van der Waals surface area contributed by atoms with Crippen LogP contribution in [-0.2, 0) is 6.54 Å². The zero-order chi connectivity index (χ0) is 13.5. The first kappa shape index (κ1) is 14.2. The average Bonchev–Trinajstić information content (AvgIpc) is 2.35. The van der Waals surface area contributed by atoms with E-state index in [-0.39, 0.29) is 17.2 Å².